The van der Waals surface area contributed by atoms with Crippen molar-refractivity contribution in [1.29, 1.82) is 0 Å². The average Bonchev–Trinajstić information content (AvgIpc) is 2.38. The summed E-state index contributed by atoms with van der Waals surface area (Å²) < 4.78 is 1.19. The topological polar surface area (TPSA) is 38.0 Å². The van der Waals surface area contributed by atoms with Gasteiger partial charge < -0.3 is 0 Å². The molecule has 3 heteroatoms. The first-order valence-corrected chi connectivity index (χ1v) is 7.34. The number of rotatable bonds is 3. The van der Waals surface area contributed by atoms with Crippen LogP contribution in [0.5, 0.6) is 0 Å². The second-order valence-electron chi connectivity index (χ2n) is 5.09. The van der Waals surface area contributed by atoms with Crippen molar-refractivity contribution >= 4 is 15.9 Å². The summed E-state index contributed by atoms with van der Waals surface area (Å²) in [6.45, 7) is 4.26. The number of hydrazine groups is 1. The summed E-state index contributed by atoms with van der Waals surface area (Å²) in [7, 11) is 0. The van der Waals surface area contributed by atoms with E-state index in [9.17, 15) is 0 Å². The number of nitrogens with one attached hydrogen (secondary N) is 1. The monoisotopic (exact) mass is 308 g/mol. The molecule has 1 aromatic carbocycles. The van der Waals surface area contributed by atoms with Crippen molar-refractivity contribution in [2.24, 2.45) is 5.84 Å². The third-order valence-corrected chi connectivity index (χ3v) is 4.91. The van der Waals surface area contributed by atoms with E-state index in [0.717, 1.165) is 6.42 Å². The van der Waals surface area contributed by atoms with E-state index in [4.69, 9.17) is 5.84 Å². The highest BCUT2D eigenvalue weighted by Crippen LogP contribution is 2.32. The number of benzene rings is 1. The number of halogens is 1. The minimum absolute atomic E-state index is 0.163. The van der Waals surface area contributed by atoms with E-state index in [2.05, 4.69) is 53.4 Å². The fourth-order valence-electron chi connectivity index (χ4n) is 2.69. The molecule has 0 saturated carbocycles. The number of hydrogen-bond donors (Lipinski definition) is 2. The molecule has 2 nitrogen and oxygen atoms in total. The van der Waals surface area contributed by atoms with E-state index in [0.29, 0.717) is 0 Å². The van der Waals surface area contributed by atoms with Gasteiger partial charge in [-0.05, 0) is 56.2 Å². The summed E-state index contributed by atoms with van der Waals surface area (Å²) in [6.07, 6.45) is 7.27. The number of aryl methyl sites for hydroxylation is 2. The maximum absolute atomic E-state index is 5.77. The standard InChI is InChI=1S/C15H21BrN2/c1-10-8-13(9-11(2)14(10)16)15(18-17)12-6-4-3-5-7-12/h6,8-9,15,18H,3-5,7,17H2,1-2H3. The zero-order valence-corrected chi connectivity index (χ0v) is 12.7. The molecule has 1 aromatic rings. The summed E-state index contributed by atoms with van der Waals surface area (Å²) >= 11 is 3.61. The Bertz CT molecular complexity index is 443. The van der Waals surface area contributed by atoms with E-state index in [1.165, 1.54) is 46.0 Å². The smallest absolute Gasteiger partial charge is 0.0670 e. The Kier molecular flexibility index (Phi) is 4.60. The number of nitrogens with two attached hydrogens (primary N) is 1. The largest absolute Gasteiger partial charge is 0.271 e. The van der Waals surface area contributed by atoms with Crippen molar-refractivity contribution in [2.75, 3.05) is 0 Å². The van der Waals surface area contributed by atoms with Crippen molar-refractivity contribution in [3.8, 4) is 0 Å². The molecule has 0 aliphatic heterocycles. The molecule has 0 bridgehead atoms. The summed E-state index contributed by atoms with van der Waals surface area (Å²) in [6, 6.07) is 4.60. The van der Waals surface area contributed by atoms with Crippen LogP contribution in [0.2, 0.25) is 0 Å². The second-order valence-corrected chi connectivity index (χ2v) is 5.89. The predicted octanol–water partition coefficient (Wildman–Crippen LogP) is 4.07. The van der Waals surface area contributed by atoms with Crippen LogP contribution in [0, 0.1) is 13.8 Å². The molecule has 0 spiro atoms. The fourth-order valence-corrected chi connectivity index (χ4v) is 2.92. The Balaban J connectivity index is 2.35. The van der Waals surface area contributed by atoms with Crippen LogP contribution in [0.3, 0.4) is 0 Å². The molecule has 3 N–H and O–H groups in total. The van der Waals surface area contributed by atoms with Gasteiger partial charge in [0, 0.05) is 4.47 Å². The molecule has 2 rings (SSSR count). The Labute approximate surface area is 118 Å². The van der Waals surface area contributed by atoms with Gasteiger partial charge in [-0.1, -0.05) is 39.7 Å². The van der Waals surface area contributed by atoms with Gasteiger partial charge in [-0.3, -0.25) is 5.84 Å². The number of hydrogen-bond acceptors (Lipinski definition) is 2. The lowest BCUT2D eigenvalue weighted by Crippen LogP contribution is -2.30. The van der Waals surface area contributed by atoms with E-state index in [1.54, 1.807) is 0 Å². The van der Waals surface area contributed by atoms with Crippen LogP contribution in [0.1, 0.15) is 48.4 Å². The molecule has 1 aliphatic rings. The summed E-state index contributed by atoms with van der Waals surface area (Å²) in [4.78, 5) is 0. The molecule has 0 fully saturated rings. The molecule has 1 aliphatic carbocycles. The first kappa shape index (κ1) is 13.8. The Morgan fingerprint density at radius 3 is 2.39 bits per heavy atom. The summed E-state index contributed by atoms with van der Waals surface area (Å²) in [5.74, 6) is 5.77. The van der Waals surface area contributed by atoms with Crippen molar-refractivity contribution < 1.29 is 0 Å². The Morgan fingerprint density at radius 1 is 1.22 bits per heavy atom. The van der Waals surface area contributed by atoms with Crippen LogP contribution >= 0.6 is 15.9 Å². The molecule has 0 heterocycles. The minimum atomic E-state index is 0.163. The van der Waals surface area contributed by atoms with Gasteiger partial charge in [0.25, 0.3) is 0 Å². The normalized spacial score (nSPS) is 17.4. The first-order chi connectivity index (χ1) is 8.63. The van der Waals surface area contributed by atoms with Crippen LogP contribution in [0.25, 0.3) is 0 Å². The van der Waals surface area contributed by atoms with Crippen molar-refractivity contribution in [2.45, 2.75) is 45.6 Å². The van der Waals surface area contributed by atoms with Crippen molar-refractivity contribution in [3.05, 3.63) is 44.9 Å². The Morgan fingerprint density at radius 2 is 1.89 bits per heavy atom. The van der Waals surface area contributed by atoms with Crippen LogP contribution in [-0.2, 0) is 0 Å². The van der Waals surface area contributed by atoms with Gasteiger partial charge >= 0.3 is 0 Å². The van der Waals surface area contributed by atoms with E-state index in [1.807, 2.05) is 0 Å². The maximum Gasteiger partial charge on any atom is 0.0670 e. The highest BCUT2D eigenvalue weighted by atomic mass is 79.9. The van der Waals surface area contributed by atoms with Crippen molar-refractivity contribution in [3.63, 3.8) is 0 Å². The second kappa shape index (κ2) is 6.00. The van der Waals surface area contributed by atoms with E-state index >= 15 is 0 Å². The zero-order valence-electron chi connectivity index (χ0n) is 11.1. The van der Waals surface area contributed by atoms with Gasteiger partial charge in [0.15, 0.2) is 0 Å². The molecule has 1 atom stereocenters. The molecular weight excluding hydrogens is 288 g/mol. The lowest BCUT2D eigenvalue weighted by Gasteiger charge is -2.24. The maximum atomic E-state index is 5.77. The average molecular weight is 309 g/mol. The zero-order chi connectivity index (χ0) is 13.1. The SMILES string of the molecule is Cc1cc(C(NN)C2=CCCCC2)cc(C)c1Br. The Hall–Kier alpha value is -0.640. The van der Waals surface area contributed by atoms with Gasteiger partial charge in [-0.2, -0.15) is 0 Å². The molecule has 1 unspecified atom stereocenters. The van der Waals surface area contributed by atoms with Crippen LogP contribution < -0.4 is 11.3 Å². The van der Waals surface area contributed by atoms with Gasteiger partial charge in [-0.15, -0.1) is 0 Å². The molecule has 0 radical (unpaired) electrons. The third kappa shape index (κ3) is 2.85. The summed E-state index contributed by atoms with van der Waals surface area (Å²) in [5, 5.41) is 0. The van der Waals surface area contributed by atoms with Crippen LogP contribution in [0.4, 0.5) is 0 Å². The minimum Gasteiger partial charge on any atom is -0.271 e. The molecule has 0 amide bonds. The van der Waals surface area contributed by atoms with Gasteiger partial charge in [0.05, 0.1) is 6.04 Å². The molecular formula is C15H21BrN2. The van der Waals surface area contributed by atoms with Gasteiger partial charge in [0.1, 0.15) is 0 Å². The first-order valence-electron chi connectivity index (χ1n) is 6.55. The van der Waals surface area contributed by atoms with E-state index in [-0.39, 0.29) is 6.04 Å². The third-order valence-electron chi connectivity index (χ3n) is 3.66. The van der Waals surface area contributed by atoms with Gasteiger partial charge in [-0.25, -0.2) is 5.43 Å². The predicted molar refractivity (Wildman–Crippen MR) is 80.2 cm³/mol. The molecule has 18 heavy (non-hydrogen) atoms. The van der Waals surface area contributed by atoms with Crippen LogP contribution in [0.15, 0.2) is 28.3 Å². The quantitative estimate of drug-likeness (QED) is 0.502. The lowest BCUT2D eigenvalue weighted by atomic mass is 9.89. The molecule has 98 valence electrons. The number of allylic oxidation sites excluding steroid dienone is 1. The van der Waals surface area contributed by atoms with Crippen molar-refractivity contribution in [1.82, 2.24) is 5.43 Å². The van der Waals surface area contributed by atoms with Gasteiger partial charge in [0.2, 0.25) is 0 Å². The lowest BCUT2D eigenvalue weighted by molar-refractivity contribution is 0.565. The highest BCUT2D eigenvalue weighted by Gasteiger charge is 2.18. The van der Waals surface area contributed by atoms with Crippen LogP contribution in [-0.4, -0.2) is 0 Å². The van der Waals surface area contributed by atoms with E-state index < -0.39 is 0 Å². The molecule has 0 saturated heterocycles. The fraction of sp³-hybridized carbons (Fsp3) is 0.467. The molecule has 0 aromatic heterocycles. The highest BCUT2D eigenvalue weighted by molar-refractivity contribution is 9.10. The summed E-state index contributed by atoms with van der Waals surface area (Å²) in [5.41, 5.74) is 8.21.